The number of rotatable bonds is 13. The van der Waals surface area contributed by atoms with E-state index >= 15 is 0 Å². The number of H-pyrrole nitrogens is 1. The molecule has 11 aromatic rings. The number of carboxylic acids is 1. The molecule has 3 aliphatic heterocycles. The molecule has 1 amide bonds. The van der Waals surface area contributed by atoms with E-state index < -0.39 is 38.8 Å². The molecule has 0 bridgehead atoms. The highest BCUT2D eigenvalue weighted by Crippen LogP contribution is 2.31. The molecule has 21 nitrogen and oxygen atoms in total. The second kappa shape index (κ2) is 43.9. The Morgan fingerprint density at radius 2 is 0.856 bits per heavy atom. The molecule has 5 aromatic heterocycles. The second-order valence-electron chi connectivity index (χ2n) is 24.2. The third-order valence-electron chi connectivity index (χ3n) is 17.2. The van der Waals surface area contributed by atoms with Crippen molar-refractivity contribution >= 4 is 112 Å². The van der Waals surface area contributed by atoms with Gasteiger partial charge in [-0.25, -0.2) is 19.2 Å². The van der Waals surface area contributed by atoms with Crippen LogP contribution in [0, 0.1) is 0 Å². The minimum atomic E-state index is -1.17. The molecule has 0 saturated carbocycles. The van der Waals surface area contributed by atoms with E-state index in [4.69, 9.17) is 45.0 Å². The maximum absolute atomic E-state index is 12.8. The van der Waals surface area contributed by atoms with Crippen LogP contribution in [0.4, 0.5) is 0 Å². The van der Waals surface area contributed by atoms with Gasteiger partial charge in [0.1, 0.15) is 27.8 Å². The molecular formula is C84H80Br3Cl3N6O15. The summed E-state index contributed by atoms with van der Waals surface area (Å²) < 4.78 is 21.1. The minimum absolute atomic E-state index is 0.0231. The number of nitrogens with zero attached hydrogens (tertiary/aromatic N) is 4. The van der Waals surface area contributed by atoms with E-state index in [1.807, 2.05) is 133 Å². The van der Waals surface area contributed by atoms with E-state index in [-0.39, 0.29) is 50.4 Å². The maximum Gasteiger partial charge on any atom is 0.343 e. The van der Waals surface area contributed by atoms with E-state index in [2.05, 4.69) is 103 Å². The lowest BCUT2D eigenvalue weighted by Crippen LogP contribution is -2.35. The number of aromatic carboxylic acids is 1. The van der Waals surface area contributed by atoms with Crippen molar-refractivity contribution in [2.45, 2.75) is 75.4 Å². The molecule has 0 aliphatic carbocycles. The number of aromatic amines is 1. The van der Waals surface area contributed by atoms with Crippen molar-refractivity contribution in [2.24, 2.45) is 0 Å². The monoisotopic (exact) mass is 1750 g/mol. The zero-order valence-electron chi connectivity index (χ0n) is 61.1. The number of aryl methyl sites for hydroxylation is 6. The van der Waals surface area contributed by atoms with Gasteiger partial charge in [-0.2, -0.15) is 0 Å². The zero-order valence-corrected chi connectivity index (χ0v) is 68.1. The fourth-order valence-electron chi connectivity index (χ4n) is 11.8. The van der Waals surface area contributed by atoms with Crippen LogP contribution in [0.5, 0.6) is 0 Å². The third-order valence-corrected chi connectivity index (χ3v) is 19.1. The molecule has 0 spiro atoms. The number of aliphatic hydroxyl groups is 1. The number of nitrogens with one attached hydrogen (secondary N) is 2. The average Bonchev–Trinajstić information content (AvgIpc) is 0.782. The summed E-state index contributed by atoms with van der Waals surface area (Å²) in [5.74, 6) is -3.29. The van der Waals surface area contributed by atoms with Crippen molar-refractivity contribution in [3.63, 3.8) is 0 Å². The van der Waals surface area contributed by atoms with Crippen LogP contribution in [0.2, 0.25) is 0 Å². The van der Waals surface area contributed by atoms with Gasteiger partial charge in [0.2, 0.25) is 0 Å². The maximum atomic E-state index is 12.8. The summed E-state index contributed by atoms with van der Waals surface area (Å²) in [6, 6.07) is 66.2. The van der Waals surface area contributed by atoms with Gasteiger partial charge in [0.25, 0.3) is 33.7 Å². The molecule has 6 aromatic carbocycles. The molecule has 8 heterocycles. The molecule has 3 aliphatic rings. The first kappa shape index (κ1) is 87.9. The second-order valence-corrected chi connectivity index (χ2v) is 29.6. The Balaban J connectivity index is 0.000000186. The first-order valence-corrected chi connectivity index (χ1v) is 38.4. The largest absolute Gasteiger partial charge is 0.477 e. The number of pyridine rings is 5. The van der Waals surface area contributed by atoms with E-state index in [9.17, 15) is 47.9 Å². The molecule has 111 heavy (non-hydrogen) atoms. The summed E-state index contributed by atoms with van der Waals surface area (Å²) in [5.41, 5.74) is 11.5. The van der Waals surface area contributed by atoms with Crippen molar-refractivity contribution < 1.29 is 48.4 Å². The van der Waals surface area contributed by atoms with Gasteiger partial charge in [0.15, 0.2) is 3.79 Å². The standard InChI is InChI=1S/C22H20N2O2.C15H14BrNO3.C15H13NO3.C14H11NO3.C8H8Br2.C7H7NO3.C2H3Cl3.CH4O/c25-21(23-14-12-16-6-2-1-3-7-16)19-10-11-20-18-9-5-4-8-17(18)13-15-24(20)22(19)26;1-20-15(19)12-6-4-9-17(14(12)18)10-8-11-5-2-3-7-13(11)16;1-19-15(18)12-6-7-13-11-5-3-2-4-10(11)8-9-16(13)14(12)17;16-13-11(14(17)18)5-6-12-10-4-2-1-3-9(10)7-8-15(12)13;9-6-5-7-3-1-2-4-8(7)10;1-11-7(10)5-3-2-4-8-6(5)9;1-2(3,4)5;1-2/h1-11H,12-15H2,(H,23,25);2-7,9H,8,10H2,1H3;2-7H,8-9H2,1H3;1-6H,7-8H2,(H,17,18);1-4H,5-6H2;2-4H,1H3,(H,8,9);1H3;2H,1H3. The van der Waals surface area contributed by atoms with Gasteiger partial charge in [-0.05, 0) is 152 Å². The van der Waals surface area contributed by atoms with Gasteiger partial charge >= 0.3 is 23.9 Å². The Morgan fingerprint density at radius 3 is 1.31 bits per heavy atom. The lowest BCUT2D eigenvalue weighted by Gasteiger charge is -2.22. The number of methoxy groups -OCH3 is 3. The number of amides is 1. The van der Waals surface area contributed by atoms with Gasteiger partial charge in [-0.1, -0.05) is 222 Å². The van der Waals surface area contributed by atoms with Crippen LogP contribution in [-0.2, 0) is 78.9 Å². The topological polar surface area (TPSA) is 286 Å². The van der Waals surface area contributed by atoms with Gasteiger partial charge in [-0.15, -0.1) is 0 Å². The van der Waals surface area contributed by atoms with E-state index in [1.165, 1.54) is 83.9 Å². The van der Waals surface area contributed by atoms with Gasteiger partial charge < -0.3 is 53.0 Å². The van der Waals surface area contributed by atoms with Crippen LogP contribution >= 0.6 is 82.6 Å². The average molecular weight is 1760 g/mol. The van der Waals surface area contributed by atoms with Crippen LogP contribution in [-0.4, -0.2) is 107 Å². The quantitative estimate of drug-likeness (QED) is 0.0474. The molecule has 27 heteroatoms. The Morgan fingerprint density at radius 1 is 0.468 bits per heavy atom. The number of alkyl halides is 4. The number of halogens is 6. The summed E-state index contributed by atoms with van der Waals surface area (Å²) in [5, 5.41) is 19.8. The summed E-state index contributed by atoms with van der Waals surface area (Å²) >= 11 is 25.5. The predicted octanol–water partition coefficient (Wildman–Crippen LogP) is 14.8. The van der Waals surface area contributed by atoms with Crippen molar-refractivity contribution in [3.8, 4) is 33.8 Å². The third kappa shape index (κ3) is 24.8. The molecule has 0 radical (unpaired) electrons. The summed E-state index contributed by atoms with van der Waals surface area (Å²) in [4.78, 5) is 120. The molecular weight excluding hydrogens is 1680 g/mol. The summed E-state index contributed by atoms with van der Waals surface area (Å²) in [7, 11) is 4.77. The van der Waals surface area contributed by atoms with Crippen LogP contribution in [0.3, 0.4) is 0 Å². The highest BCUT2D eigenvalue weighted by atomic mass is 79.9. The molecule has 0 fully saturated rings. The SMILES string of the molecule is BrCCc1ccccc1Br.CC(Cl)(Cl)Cl.CO.COC(=O)c1ccc2n(c1=O)CCc1ccccc1-2.COC(=O)c1ccc[nH]c1=O.COC(=O)c1cccn(CCc2ccccc2Br)c1=O.O=C(NCCc1ccccc1)c1ccc2n(c1=O)CCc1ccccc1-2.O=C(O)c1ccc2n(c1=O)CCc1ccccc1-2. The number of carbonyl (C=O) groups excluding carboxylic acids is 4. The van der Waals surface area contributed by atoms with Crippen molar-refractivity contribution in [2.75, 3.05) is 40.3 Å². The van der Waals surface area contributed by atoms with E-state index in [1.54, 1.807) is 50.2 Å². The Bertz CT molecular complexity index is 5360. The first-order valence-electron chi connectivity index (χ1n) is 34.6. The lowest BCUT2D eigenvalue weighted by molar-refractivity contribution is 0.0589. The van der Waals surface area contributed by atoms with Crippen molar-refractivity contribution in [1.82, 2.24) is 28.6 Å². The minimum Gasteiger partial charge on any atom is -0.477 e. The molecule has 0 unspecified atom stereocenters. The highest BCUT2D eigenvalue weighted by Gasteiger charge is 2.24. The van der Waals surface area contributed by atoms with Crippen molar-refractivity contribution in [1.29, 1.82) is 0 Å². The molecule has 0 saturated heterocycles. The summed E-state index contributed by atoms with van der Waals surface area (Å²) in [6.45, 7) is 4.23. The van der Waals surface area contributed by atoms with Crippen LogP contribution < -0.4 is 33.1 Å². The number of fused-ring (bicyclic) bond motifs is 9. The number of carboxylic acid groups (broad SMARTS) is 1. The van der Waals surface area contributed by atoms with Crippen LogP contribution in [0.1, 0.15) is 92.1 Å². The van der Waals surface area contributed by atoms with Gasteiger partial charge in [0, 0.05) is 83.2 Å². The number of aromatic nitrogens is 5. The lowest BCUT2D eigenvalue weighted by atomic mass is 9.97. The summed E-state index contributed by atoms with van der Waals surface area (Å²) in [6.07, 6.45) is 8.02. The van der Waals surface area contributed by atoms with Crippen LogP contribution in [0.15, 0.2) is 258 Å². The molecule has 4 N–H and O–H groups in total. The number of hydrogen-bond donors (Lipinski definition) is 4. The van der Waals surface area contributed by atoms with Crippen molar-refractivity contribution in [3.05, 3.63) is 347 Å². The fourth-order valence-corrected chi connectivity index (χ4v) is 13.2. The number of aliphatic hydroxyl groups excluding tert-OH is 1. The van der Waals surface area contributed by atoms with Crippen LogP contribution in [0.25, 0.3) is 33.8 Å². The normalized spacial score (nSPS) is 11.3. The van der Waals surface area contributed by atoms with E-state index in [0.29, 0.717) is 39.1 Å². The zero-order chi connectivity index (χ0) is 80.7. The number of benzene rings is 6. The van der Waals surface area contributed by atoms with Gasteiger partial charge in [-0.3, -0.25) is 28.8 Å². The number of hydrogen-bond acceptors (Lipinski definition) is 14. The molecule has 578 valence electrons. The highest BCUT2D eigenvalue weighted by molar-refractivity contribution is 9.11. The smallest absolute Gasteiger partial charge is 0.343 e. The van der Waals surface area contributed by atoms with Gasteiger partial charge in [0.05, 0.1) is 38.4 Å². The predicted molar refractivity (Wildman–Crippen MR) is 444 cm³/mol. The van der Waals surface area contributed by atoms with E-state index in [0.717, 1.165) is 93.9 Å². The number of esters is 3. The molecule has 14 rings (SSSR count). The molecule has 0 atom stereocenters. The first-order chi connectivity index (χ1) is 53.4. The number of carbonyl (C=O) groups is 5. The fraction of sp³-hybridized carbons (Fsp3) is 0.214. The Kier molecular flexibility index (Phi) is 34.8. The Hall–Kier alpha value is -10.3. The Labute approximate surface area is 680 Å². The number of ether oxygens (including phenoxy) is 3.